The van der Waals surface area contributed by atoms with Crippen molar-refractivity contribution in [2.75, 3.05) is 25.9 Å². The number of nitrogens with one attached hydrogen (secondary N) is 2. The smallest absolute Gasteiger partial charge is 0.211 e. The monoisotopic (exact) mass is 319 g/mol. The van der Waals surface area contributed by atoms with Gasteiger partial charge < -0.3 is 10.3 Å². The van der Waals surface area contributed by atoms with Gasteiger partial charge in [0.1, 0.15) is 0 Å². The Kier molecular flexibility index (Phi) is 3.11. The highest BCUT2D eigenvalue weighted by Crippen LogP contribution is 2.40. The van der Waals surface area contributed by atoms with Crippen LogP contribution in [-0.2, 0) is 22.0 Å². The summed E-state index contributed by atoms with van der Waals surface area (Å²) in [6.07, 6.45) is 3.96. The summed E-state index contributed by atoms with van der Waals surface area (Å²) in [4.78, 5) is 3.60. The van der Waals surface area contributed by atoms with Crippen LogP contribution in [0.5, 0.6) is 0 Å². The molecule has 6 heteroatoms. The molecule has 0 aliphatic carbocycles. The zero-order valence-corrected chi connectivity index (χ0v) is 13.5. The molecule has 0 amide bonds. The van der Waals surface area contributed by atoms with Crippen LogP contribution in [0.1, 0.15) is 24.1 Å². The van der Waals surface area contributed by atoms with Crippen LogP contribution in [0.2, 0.25) is 0 Å². The van der Waals surface area contributed by atoms with Crippen molar-refractivity contribution < 1.29 is 8.42 Å². The fourth-order valence-electron chi connectivity index (χ4n) is 4.01. The minimum Gasteiger partial charge on any atom is -0.357 e. The molecule has 2 aromatic rings. The van der Waals surface area contributed by atoms with E-state index in [-0.39, 0.29) is 5.54 Å². The van der Waals surface area contributed by atoms with E-state index in [0.29, 0.717) is 13.1 Å². The van der Waals surface area contributed by atoms with Crippen molar-refractivity contribution >= 4 is 20.9 Å². The molecule has 0 radical (unpaired) electrons. The van der Waals surface area contributed by atoms with E-state index in [4.69, 9.17) is 0 Å². The predicted molar refractivity (Wildman–Crippen MR) is 87.3 cm³/mol. The summed E-state index contributed by atoms with van der Waals surface area (Å²) in [5.41, 5.74) is 3.75. The van der Waals surface area contributed by atoms with Gasteiger partial charge in [0, 0.05) is 36.2 Å². The van der Waals surface area contributed by atoms with Crippen molar-refractivity contribution in [3.63, 3.8) is 0 Å². The van der Waals surface area contributed by atoms with Crippen LogP contribution < -0.4 is 5.32 Å². The third-order valence-electron chi connectivity index (χ3n) is 5.18. The number of sulfonamides is 1. The lowest BCUT2D eigenvalue weighted by molar-refractivity contribution is 0.181. The van der Waals surface area contributed by atoms with E-state index in [1.165, 1.54) is 28.4 Å². The number of fused-ring (bicyclic) bond motifs is 4. The van der Waals surface area contributed by atoms with Crippen LogP contribution in [-0.4, -0.2) is 43.6 Å². The van der Waals surface area contributed by atoms with Gasteiger partial charge in [0.15, 0.2) is 0 Å². The van der Waals surface area contributed by atoms with Gasteiger partial charge in [-0.05, 0) is 30.9 Å². The molecule has 2 aliphatic heterocycles. The molecule has 2 N–H and O–H groups in total. The topological polar surface area (TPSA) is 65.2 Å². The quantitative estimate of drug-likeness (QED) is 0.838. The second-order valence-electron chi connectivity index (χ2n) is 6.45. The lowest BCUT2D eigenvalue weighted by Gasteiger charge is -2.44. The van der Waals surface area contributed by atoms with Gasteiger partial charge in [0.05, 0.1) is 11.8 Å². The predicted octanol–water partition coefficient (Wildman–Crippen LogP) is 1.56. The number of nitrogens with zero attached hydrogens (tertiary/aromatic N) is 1. The standard InChI is InChI=1S/C16H21N3O2S/c1-22(20,21)19-10-7-16(8-11-19)15-13(6-9-17-16)12-4-2-3-5-14(12)18-15/h2-5,17-18H,6-11H2,1H3. The molecule has 0 saturated carbocycles. The van der Waals surface area contributed by atoms with Crippen LogP contribution in [0.3, 0.4) is 0 Å². The van der Waals surface area contributed by atoms with Gasteiger partial charge in [-0.2, -0.15) is 0 Å². The first kappa shape index (κ1) is 14.2. The van der Waals surface area contributed by atoms with E-state index in [0.717, 1.165) is 25.8 Å². The average Bonchev–Trinajstić information content (AvgIpc) is 2.88. The lowest BCUT2D eigenvalue weighted by Crippen LogP contribution is -2.54. The highest BCUT2D eigenvalue weighted by atomic mass is 32.2. The molecule has 118 valence electrons. The van der Waals surface area contributed by atoms with Crippen LogP contribution in [0.4, 0.5) is 0 Å². The van der Waals surface area contributed by atoms with Crippen molar-refractivity contribution in [2.24, 2.45) is 0 Å². The van der Waals surface area contributed by atoms with Crippen LogP contribution in [0.15, 0.2) is 24.3 Å². The normalized spacial score (nSPS) is 22.0. The SMILES string of the molecule is CS(=O)(=O)N1CCC2(CC1)NCCc1c2[nH]c2ccccc12. The molecule has 0 atom stereocenters. The Hall–Kier alpha value is -1.37. The Labute approximate surface area is 130 Å². The molecule has 0 bridgehead atoms. The van der Waals surface area contributed by atoms with Gasteiger partial charge >= 0.3 is 0 Å². The van der Waals surface area contributed by atoms with Crippen LogP contribution >= 0.6 is 0 Å². The molecule has 22 heavy (non-hydrogen) atoms. The molecule has 2 aliphatic rings. The maximum atomic E-state index is 11.7. The summed E-state index contributed by atoms with van der Waals surface area (Å²) >= 11 is 0. The number of para-hydroxylation sites is 1. The maximum absolute atomic E-state index is 11.7. The Morgan fingerprint density at radius 2 is 1.91 bits per heavy atom. The Balaban J connectivity index is 1.74. The molecular weight excluding hydrogens is 298 g/mol. The van der Waals surface area contributed by atoms with Crippen molar-refractivity contribution in [2.45, 2.75) is 24.8 Å². The molecule has 4 rings (SSSR count). The van der Waals surface area contributed by atoms with Gasteiger partial charge in [-0.15, -0.1) is 0 Å². The van der Waals surface area contributed by atoms with Crippen molar-refractivity contribution in [3.05, 3.63) is 35.5 Å². The first-order chi connectivity index (χ1) is 10.5. The number of aromatic amines is 1. The summed E-state index contributed by atoms with van der Waals surface area (Å²) < 4.78 is 25.1. The van der Waals surface area contributed by atoms with Gasteiger partial charge in [-0.3, -0.25) is 0 Å². The second kappa shape index (κ2) is 4.81. The average molecular weight is 319 g/mol. The minimum absolute atomic E-state index is 0.103. The summed E-state index contributed by atoms with van der Waals surface area (Å²) in [6, 6.07) is 8.43. The lowest BCUT2D eigenvalue weighted by atomic mass is 9.80. The fraction of sp³-hybridized carbons (Fsp3) is 0.500. The molecule has 1 fully saturated rings. The maximum Gasteiger partial charge on any atom is 0.211 e. The van der Waals surface area contributed by atoms with E-state index in [1.807, 2.05) is 0 Å². The molecular formula is C16H21N3O2S. The minimum atomic E-state index is -3.09. The first-order valence-corrected chi connectivity index (χ1v) is 9.65. The van der Waals surface area contributed by atoms with Crippen LogP contribution in [0, 0.1) is 0 Å². The highest BCUT2D eigenvalue weighted by molar-refractivity contribution is 7.88. The number of aromatic nitrogens is 1. The third-order valence-corrected chi connectivity index (χ3v) is 6.48. The zero-order chi connectivity index (χ0) is 15.4. The Morgan fingerprint density at radius 3 is 2.64 bits per heavy atom. The Morgan fingerprint density at radius 1 is 1.18 bits per heavy atom. The fourth-order valence-corrected chi connectivity index (χ4v) is 4.86. The Bertz CT molecular complexity index is 817. The van der Waals surface area contributed by atoms with Crippen molar-refractivity contribution in [1.82, 2.24) is 14.6 Å². The molecule has 1 aromatic carbocycles. The molecule has 1 spiro atoms. The summed E-state index contributed by atoms with van der Waals surface area (Å²) in [5.74, 6) is 0. The molecule has 1 saturated heterocycles. The summed E-state index contributed by atoms with van der Waals surface area (Å²) in [6.45, 7) is 2.12. The molecule has 5 nitrogen and oxygen atoms in total. The van der Waals surface area contributed by atoms with E-state index in [2.05, 4.69) is 34.6 Å². The summed E-state index contributed by atoms with van der Waals surface area (Å²) in [7, 11) is -3.09. The van der Waals surface area contributed by atoms with Gasteiger partial charge in [0.2, 0.25) is 10.0 Å². The van der Waals surface area contributed by atoms with Gasteiger partial charge in [-0.1, -0.05) is 18.2 Å². The van der Waals surface area contributed by atoms with Gasteiger partial charge in [0.25, 0.3) is 0 Å². The number of rotatable bonds is 1. The number of hydrogen-bond acceptors (Lipinski definition) is 3. The van der Waals surface area contributed by atoms with Gasteiger partial charge in [-0.25, -0.2) is 12.7 Å². The number of H-pyrrole nitrogens is 1. The van der Waals surface area contributed by atoms with Crippen LogP contribution in [0.25, 0.3) is 10.9 Å². The number of piperidine rings is 1. The number of hydrogen-bond donors (Lipinski definition) is 2. The first-order valence-electron chi connectivity index (χ1n) is 7.80. The van der Waals surface area contributed by atoms with E-state index < -0.39 is 10.0 Å². The highest BCUT2D eigenvalue weighted by Gasteiger charge is 2.42. The summed E-state index contributed by atoms with van der Waals surface area (Å²) in [5, 5.41) is 4.98. The second-order valence-corrected chi connectivity index (χ2v) is 8.43. The molecule has 3 heterocycles. The number of benzene rings is 1. The molecule has 1 aromatic heterocycles. The largest absolute Gasteiger partial charge is 0.357 e. The van der Waals surface area contributed by atoms with E-state index >= 15 is 0 Å². The molecule has 0 unspecified atom stereocenters. The van der Waals surface area contributed by atoms with Crippen molar-refractivity contribution in [3.8, 4) is 0 Å². The van der Waals surface area contributed by atoms with E-state index in [9.17, 15) is 8.42 Å². The third kappa shape index (κ3) is 2.09. The zero-order valence-electron chi connectivity index (χ0n) is 12.7. The van der Waals surface area contributed by atoms with Crippen molar-refractivity contribution in [1.29, 1.82) is 0 Å². The van der Waals surface area contributed by atoms with E-state index in [1.54, 1.807) is 4.31 Å².